The fraction of sp³-hybridized carbons (Fsp3) is 0.455. The summed E-state index contributed by atoms with van der Waals surface area (Å²) in [6, 6.07) is 5.38. The molecule has 80 valence electrons. The Balaban J connectivity index is 0.000000791. The summed E-state index contributed by atoms with van der Waals surface area (Å²) in [6.45, 7) is 4.00. The third kappa shape index (κ3) is 3.56. The minimum atomic E-state index is 0.728. The maximum Gasteiger partial charge on any atom is 0.126 e. The van der Waals surface area contributed by atoms with E-state index in [9.17, 15) is 0 Å². The van der Waals surface area contributed by atoms with Gasteiger partial charge in [-0.2, -0.15) is 0 Å². The quantitative estimate of drug-likeness (QED) is 0.747. The summed E-state index contributed by atoms with van der Waals surface area (Å²) in [5.74, 6) is 2.18. The molecule has 0 aliphatic rings. The van der Waals surface area contributed by atoms with E-state index in [4.69, 9.17) is 14.2 Å². The molecular formula is C11H18O3. The fourth-order valence-electron chi connectivity index (χ4n) is 0.899. The third-order valence-electron chi connectivity index (χ3n) is 1.56. The standard InChI is InChI=1S/C9H12O3.C2H6/c1-10-7-4-8(11-2)6-9(5-7)12-3;1-2/h4-6H,1-3H3;1-2H3. The zero-order valence-corrected chi connectivity index (χ0v) is 9.46. The predicted molar refractivity (Wildman–Crippen MR) is 57.4 cm³/mol. The number of hydrogen-bond acceptors (Lipinski definition) is 3. The Bertz CT molecular complexity index is 203. The van der Waals surface area contributed by atoms with Crippen LogP contribution in [-0.2, 0) is 0 Å². The van der Waals surface area contributed by atoms with Crippen LogP contribution in [0.4, 0.5) is 0 Å². The molecule has 0 N–H and O–H groups in total. The predicted octanol–water partition coefficient (Wildman–Crippen LogP) is 2.74. The summed E-state index contributed by atoms with van der Waals surface area (Å²) in [7, 11) is 4.82. The Hall–Kier alpha value is -1.38. The zero-order valence-electron chi connectivity index (χ0n) is 9.46. The molecule has 0 unspecified atom stereocenters. The molecule has 1 aromatic carbocycles. The van der Waals surface area contributed by atoms with Crippen LogP contribution in [0, 0.1) is 0 Å². The Kier molecular flexibility index (Phi) is 6.37. The summed E-state index contributed by atoms with van der Waals surface area (Å²) >= 11 is 0. The molecule has 0 radical (unpaired) electrons. The van der Waals surface area contributed by atoms with Gasteiger partial charge < -0.3 is 14.2 Å². The highest BCUT2D eigenvalue weighted by molar-refractivity contribution is 5.41. The van der Waals surface area contributed by atoms with Crippen molar-refractivity contribution in [2.45, 2.75) is 13.8 Å². The van der Waals surface area contributed by atoms with Crippen molar-refractivity contribution in [3.8, 4) is 17.2 Å². The van der Waals surface area contributed by atoms with E-state index in [-0.39, 0.29) is 0 Å². The molecule has 0 saturated heterocycles. The van der Waals surface area contributed by atoms with Crippen molar-refractivity contribution in [3.63, 3.8) is 0 Å². The molecule has 1 aromatic rings. The van der Waals surface area contributed by atoms with Crippen LogP contribution >= 0.6 is 0 Å². The van der Waals surface area contributed by atoms with Gasteiger partial charge in [0.15, 0.2) is 0 Å². The second-order valence-electron chi connectivity index (χ2n) is 2.25. The van der Waals surface area contributed by atoms with E-state index in [1.807, 2.05) is 13.8 Å². The van der Waals surface area contributed by atoms with E-state index < -0.39 is 0 Å². The van der Waals surface area contributed by atoms with Gasteiger partial charge in [0, 0.05) is 18.2 Å². The summed E-state index contributed by atoms with van der Waals surface area (Å²) in [5, 5.41) is 0. The van der Waals surface area contributed by atoms with Crippen molar-refractivity contribution < 1.29 is 14.2 Å². The molecule has 0 fully saturated rings. The normalized spacial score (nSPS) is 8.36. The van der Waals surface area contributed by atoms with E-state index >= 15 is 0 Å². The Morgan fingerprint density at radius 2 is 0.857 bits per heavy atom. The Labute approximate surface area is 85.6 Å². The zero-order chi connectivity index (χ0) is 11.0. The third-order valence-corrected chi connectivity index (χ3v) is 1.56. The van der Waals surface area contributed by atoms with Gasteiger partial charge in [0.05, 0.1) is 21.3 Å². The minimum Gasteiger partial charge on any atom is -0.496 e. The lowest BCUT2D eigenvalue weighted by atomic mass is 10.3. The van der Waals surface area contributed by atoms with Crippen LogP contribution in [0.2, 0.25) is 0 Å². The largest absolute Gasteiger partial charge is 0.496 e. The van der Waals surface area contributed by atoms with E-state index in [2.05, 4.69) is 0 Å². The number of methoxy groups -OCH3 is 3. The van der Waals surface area contributed by atoms with E-state index in [0.29, 0.717) is 0 Å². The first-order valence-corrected chi connectivity index (χ1v) is 4.57. The minimum absolute atomic E-state index is 0.728. The van der Waals surface area contributed by atoms with Crippen molar-refractivity contribution in [1.82, 2.24) is 0 Å². The van der Waals surface area contributed by atoms with Crippen LogP contribution in [-0.4, -0.2) is 21.3 Å². The van der Waals surface area contributed by atoms with Gasteiger partial charge in [-0.25, -0.2) is 0 Å². The first-order valence-electron chi connectivity index (χ1n) is 4.57. The van der Waals surface area contributed by atoms with Gasteiger partial charge in [0.25, 0.3) is 0 Å². The molecule has 0 aromatic heterocycles. The second-order valence-corrected chi connectivity index (χ2v) is 2.25. The Morgan fingerprint density at radius 1 is 0.643 bits per heavy atom. The van der Waals surface area contributed by atoms with Gasteiger partial charge in [0.1, 0.15) is 17.2 Å². The molecule has 3 nitrogen and oxygen atoms in total. The van der Waals surface area contributed by atoms with Gasteiger partial charge in [-0.15, -0.1) is 0 Å². The summed E-state index contributed by atoms with van der Waals surface area (Å²) in [4.78, 5) is 0. The summed E-state index contributed by atoms with van der Waals surface area (Å²) < 4.78 is 15.1. The smallest absolute Gasteiger partial charge is 0.126 e. The van der Waals surface area contributed by atoms with E-state index in [0.717, 1.165) is 17.2 Å². The lowest BCUT2D eigenvalue weighted by Crippen LogP contribution is -1.89. The highest BCUT2D eigenvalue weighted by Gasteiger charge is 2.00. The molecule has 0 saturated carbocycles. The average Bonchev–Trinajstić information content (AvgIpc) is 2.30. The molecule has 0 aliphatic carbocycles. The number of benzene rings is 1. The van der Waals surface area contributed by atoms with Crippen LogP contribution < -0.4 is 14.2 Å². The molecule has 0 aliphatic heterocycles. The Morgan fingerprint density at radius 3 is 1.00 bits per heavy atom. The van der Waals surface area contributed by atoms with Gasteiger partial charge in [0.2, 0.25) is 0 Å². The maximum absolute atomic E-state index is 5.04. The van der Waals surface area contributed by atoms with Crippen molar-refractivity contribution in [2.24, 2.45) is 0 Å². The molecule has 0 heterocycles. The lowest BCUT2D eigenvalue weighted by Gasteiger charge is -2.06. The molecule has 0 atom stereocenters. The highest BCUT2D eigenvalue weighted by atomic mass is 16.5. The van der Waals surface area contributed by atoms with Gasteiger partial charge in [-0.1, -0.05) is 13.8 Å². The van der Waals surface area contributed by atoms with Crippen molar-refractivity contribution >= 4 is 0 Å². The van der Waals surface area contributed by atoms with E-state index in [1.54, 1.807) is 39.5 Å². The fourth-order valence-corrected chi connectivity index (χ4v) is 0.899. The maximum atomic E-state index is 5.04. The monoisotopic (exact) mass is 198 g/mol. The van der Waals surface area contributed by atoms with Gasteiger partial charge in [-0.3, -0.25) is 0 Å². The molecule has 0 amide bonds. The first-order chi connectivity index (χ1) is 6.80. The van der Waals surface area contributed by atoms with Crippen LogP contribution in [0.3, 0.4) is 0 Å². The topological polar surface area (TPSA) is 27.7 Å². The van der Waals surface area contributed by atoms with Gasteiger partial charge in [-0.05, 0) is 0 Å². The van der Waals surface area contributed by atoms with Crippen molar-refractivity contribution in [1.29, 1.82) is 0 Å². The number of hydrogen-bond donors (Lipinski definition) is 0. The van der Waals surface area contributed by atoms with Crippen LogP contribution in [0.25, 0.3) is 0 Å². The highest BCUT2D eigenvalue weighted by Crippen LogP contribution is 2.26. The SMILES string of the molecule is CC.COc1cc(OC)cc(OC)c1. The lowest BCUT2D eigenvalue weighted by molar-refractivity contribution is 0.375. The molecule has 3 heteroatoms. The summed E-state index contributed by atoms with van der Waals surface area (Å²) in [5.41, 5.74) is 0. The van der Waals surface area contributed by atoms with Crippen LogP contribution in [0.1, 0.15) is 13.8 Å². The number of rotatable bonds is 3. The molecule has 1 rings (SSSR count). The second kappa shape index (κ2) is 7.06. The number of ether oxygens (including phenoxy) is 3. The van der Waals surface area contributed by atoms with Crippen molar-refractivity contribution in [2.75, 3.05) is 21.3 Å². The molecule has 14 heavy (non-hydrogen) atoms. The van der Waals surface area contributed by atoms with Crippen molar-refractivity contribution in [3.05, 3.63) is 18.2 Å². The van der Waals surface area contributed by atoms with Crippen LogP contribution in [0.15, 0.2) is 18.2 Å². The molecule has 0 spiro atoms. The van der Waals surface area contributed by atoms with E-state index in [1.165, 1.54) is 0 Å². The van der Waals surface area contributed by atoms with Gasteiger partial charge >= 0.3 is 0 Å². The van der Waals surface area contributed by atoms with Crippen LogP contribution in [0.5, 0.6) is 17.2 Å². The summed E-state index contributed by atoms with van der Waals surface area (Å²) in [6.07, 6.45) is 0. The molecular weight excluding hydrogens is 180 g/mol. The first kappa shape index (κ1) is 12.6. The average molecular weight is 198 g/mol. The molecule has 0 bridgehead atoms.